The van der Waals surface area contributed by atoms with Gasteiger partial charge in [0, 0.05) is 22.6 Å². The number of nitrogens with two attached hydrogens (primary N) is 1. The van der Waals surface area contributed by atoms with Crippen molar-refractivity contribution in [3.8, 4) is 23.3 Å². The second-order valence-electron chi connectivity index (χ2n) is 8.58. The van der Waals surface area contributed by atoms with Gasteiger partial charge >= 0.3 is 5.97 Å². The standard InChI is InChI=1S/C29H24N2O5/c1-4-33-19-7-5-6-18(13-19)26-22-11-9-20(14-25(22)36-28(31)23(26)15-30)34-29(32)27-17(3)21-10-8-16(2)12-24(21)35-27/h5-14,26H,4,31H2,1-3H3. The number of carbonyl (C=O) groups is 1. The number of esters is 1. The highest BCUT2D eigenvalue weighted by Crippen LogP contribution is 2.44. The van der Waals surface area contributed by atoms with Crippen molar-refractivity contribution in [3.05, 3.63) is 100 Å². The fraction of sp³-hybridized carbons (Fsp3) is 0.172. The average molecular weight is 481 g/mol. The van der Waals surface area contributed by atoms with Gasteiger partial charge < -0.3 is 24.4 Å². The fourth-order valence-corrected chi connectivity index (χ4v) is 4.47. The summed E-state index contributed by atoms with van der Waals surface area (Å²) in [5.41, 5.74) is 10.4. The van der Waals surface area contributed by atoms with Crippen LogP contribution in [0.4, 0.5) is 0 Å². The molecule has 0 spiro atoms. The Morgan fingerprint density at radius 2 is 1.92 bits per heavy atom. The van der Waals surface area contributed by atoms with Crippen molar-refractivity contribution in [1.29, 1.82) is 5.26 Å². The molecule has 0 radical (unpaired) electrons. The molecule has 2 N–H and O–H groups in total. The molecule has 3 aromatic carbocycles. The van der Waals surface area contributed by atoms with Crippen LogP contribution in [0.1, 0.15) is 45.7 Å². The maximum atomic E-state index is 13.0. The number of allylic oxidation sites excluding steroid dienone is 1. The summed E-state index contributed by atoms with van der Waals surface area (Å²) in [6.07, 6.45) is 0. The lowest BCUT2D eigenvalue weighted by Gasteiger charge is -2.27. The fourth-order valence-electron chi connectivity index (χ4n) is 4.47. The summed E-state index contributed by atoms with van der Waals surface area (Å²) in [7, 11) is 0. The van der Waals surface area contributed by atoms with Crippen LogP contribution in [0.15, 0.2) is 76.5 Å². The largest absolute Gasteiger partial charge is 0.494 e. The lowest BCUT2D eigenvalue weighted by atomic mass is 9.83. The summed E-state index contributed by atoms with van der Waals surface area (Å²) < 4.78 is 22.8. The summed E-state index contributed by atoms with van der Waals surface area (Å²) >= 11 is 0. The summed E-state index contributed by atoms with van der Waals surface area (Å²) in [6, 6.07) is 20.5. The second kappa shape index (κ2) is 9.16. The predicted octanol–water partition coefficient (Wildman–Crippen LogP) is 5.89. The van der Waals surface area contributed by atoms with E-state index in [4.69, 9.17) is 24.4 Å². The average Bonchev–Trinajstić information content (AvgIpc) is 3.19. The van der Waals surface area contributed by atoms with Gasteiger partial charge in [-0.15, -0.1) is 0 Å². The van der Waals surface area contributed by atoms with Crippen molar-refractivity contribution < 1.29 is 23.4 Å². The molecule has 1 atom stereocenters. The van der Waals surface area contributed by atoms with Crippen LogP contribution in [0, 0.1) is 25.2 Å². The zero-order valence-corrected chi connectivity index (χ0v) is 20.1. The highest BCUT2D eigenvalue weighted by molar-refractivity contribution is 5.97. The third kappa shape index (κ3) is 4.03. The SMILES string of the molecule is CCOc1cccc(C2C(C#N)=C(N)Oc3cc(OC(=O)c4oc5cc(C)ccc5c4C)ccc32)c1. The summed E-state index contributed by atoms with van der Waals surface area (Å²) in [6.45, 7) is 6.21. The highest BCUT2D eigenvalue weighted by Gasteiger charge is 2.31. The van der Waals surface area contributed by atoms with Crippen molar-refractivity contribution in [2.45, 2.75) is 26.7 Å². The number of hydrogen-bond donors (Lipinski definition) is 1. The molecule has 0 aliphatic carbocycles. The van der Waals surface area contributed by atoms with E-state index in [1.807, 2.05) is 63.2 Å². The van der Waals surface area contributed by atoms with Crippen molar-refractivity contribution in [2.24, 2.45) is 5.73 Å². The van der Waals surface area contributed by atoms with Crippen molar-refractivity contribution in [2.75, 3.05) is 6.61 Å². The first-order valence-electron chi connectivity index (χ1n) is 11.6. The molecule has 0 fully saturated rings. The Bertz CT molecular complexity index is 1570. The Balaban J connectivity index is 1.48. The molecule has 1 unspecified atom stereocenters. The number of ether oxygens (including phenoxy) is 3. The van der Waals surface area contributed by atoms with Gasteiger partial charge in [-0.2, -0.15) is 5.26 Å². The van der Waals surface area contributed by atoms with Crippen LogP contribution < -0.4 is 19.9 Å². The third-order valence-electron chi connectivity index (χ3n) is 6.18. The number of hydrogen-bond acceptors (Lipinski definition) is 7. The number of nitrogens with zero attached hydrogens (tertiary/aromatic N) is 1. The van der Waals surface area contributed by atoms with Gasteiger partial charge in [0.25, 0.3) is 0 Å². The molecule has 0 saturated carbocycles. The van der Waals surface area contributed by atoms with Crippen molar-refractivity contribution in [3.63, 3.8) is 0 Å². The normalized spacial score (nSPS) is 14.7. The molecule has 1 aliphatic heterocycles. The summed E-state index contributed by atoms with van der Waals surface area (Å²) in [5.74, 6) is 0.449. The molecule has 0 bridgehead atoms. The van der Waals surface area contributed by atoms with Crippen LogP contribution in [0.3, 0.4) is 0 Å². The van der Waals surface area contributed by atoms with Gasteiger partial charge in [0.1, 0.15) is 34.5 Å². The minimum Gasteiger partial charge on any atom is -0.494 e. The topological polar surface area (TPSA) is 108 Å². The van der Waals surface area contributed by atoms with E-state index in [1.54, 1.807) is 18.2 Å². The van der Waals surface area contributed by atoms with Crippen molar-refractivity contribution in [1.82, 2.24) is 0 Å². The Morgan fingerprint density at radius 1 is 1.08 bits per heavy atom. The molecule has 1 aromatic heterocycles. The van der Waals surface area contributed by atoms with E-state index in [-0.39, 0.29) is 17.4 Å². The van der Waals surface area contributed by atoms with Crippen LogP contribution in [-0.2, 0) is 0 Å². The Labute approximate surface area is 208 Å². The quantitative estimate of drug-likeness (QED) is 0.280. The molecule has 0 amide bonds. The molecule has 2 heterocycles. The number of furan rings is 1. The first-order chi connectivity index (χ1) is 17.4. The molecule has 4 aromatic rings. The summed E-state index contributed by atoms with van der Waals surface area (Å²) in [4.78, 5) is 13.0. The molecule has 180 valence electrons. The minimum atomic E-state index is -0.612. The Hall–Kier alpha value is -4.70. The van der Waals surface area contributed by atoms with Gasteiger partial charge in [-0.1, -0.05) is 30.3 Å². The first-order valence-corrected chi connectivity index (χ1v) is 11.6. The summed E-state index contributed by atoms with van der Waals surface area (Å²) in [5, 5.41) is 10.7. The van der Waals surface area contributed by atoms with Gasteiger partial charge in [0.15, 0.2) is 0 Å². The maximum absolute atomic E-state index is 13.0. The van der Waals surface area contributed by atoms with Crippen molar-refractivity contribution >= 4 is 16.9 Å². The number of carbonyl (C=O) groups excluding carboxylic acids is 1. The number of aryl methyl sites for hydroxylation is 2. The molecule has 1 aliphatic rings. The van der Waals surface area contributed by atoms with Crippen LogP contribution in [0.2, 0.25) is 0 Å². The zero-order valence-electron chi connectivity index (χ0n) is 20.1. The van der Waals surface area contributed by atoms with E-state index < -0.39 is 11.9 Å². The van der Waals surface area contributed by atoms with E-state index in [1.165, 1.54) is 0 Å². The lowest BCUT2D eigenvalue weighted by molar-refractivity contribution is 0.0702. The van der Waals surface area contributed by atoms with Crippen LogP contribution in [0.5, 0.6) is 17.2 Å². The predicted molar refractivity (Wildman–Crippen MR) is 134 cm³/mol. The zero-order chi connectivity index (χ0) is 25.4. The maximum Gasteiger partial charge on any atom is 0.379 e. The molecule has 36 heavy (non-hydrogen) atoms. The van der Waals surface area contributed by atoms with E-state index in [9.17, 15) is 10.1 Å². The molecule has 5 rings (SSSR count). The molecular weight excluding hydrogens is 456 g/mol. The molecular formula is C29H24N2O5. The molecule has 7 heteroatoms. The van der Waals surface area contributed by atoms with Gasteiger partial charge in [0.2, 0.25) is 11.6 Å². The van der Waals surface area contributed by atoms with E-state index in [2.05, 4.69) is 6.07 Å². The Morgan fingerprint density at radius 3 is 2.69 bits per heavy atom. The van der Waals surface area contributed by atoms with E-state index in [0.29, 0.717) is 34.8 Å². The van der Waals surface area contributed by atoms with Gasteiger partial charge in [-0.3, -0.25) is 0 Å². The second-order valence-corrected chi connectivity index (χ2v) is 8.58. The first kappa shape index (κ1) is 23.1. The number of nitriles is 1. The monoisotopic (exact) mass is 480 g/mol. The third-order valence-corrected chi connectivity index (χ3v) is 6.18. The highest BCUT2D eigenvalue weighted by atomic mass is 16.5. The minimum absolute atomic E-state index is 0.00351. The van der Waals surface area contributed by atoms with Gasteiger partial charge in [-0.05, 0) is 56.2 Å². The molecule has 0 saturated heterocycles. The number of fused-ring (bicyclic) bond motifs is 2. The smallest absolute Gasteiger partial charge is 0.379 e. The molecule has 7 nitrogen and oxygen atoms in total. The van der Waals surface area contributed by atoms with Gasteiger partial charge in [-0.25, -0.2) is 4.79 Å². The van der Waals surface area contributed by atoms with Gasteiger partial charge in [0.05, 0.1) is 12.5 Å². The lowest BCUT2D eigenvalue weighted by Crippen LogP contribution is -2.21. The Kier molecular flexibility index (Phi) is 5.87. The number of benzene rings is 3. The van der Waals surface area contributed by atoms with Crippen LogP contribution in [0.25, 0.3) is 11.0 Å². The van der Waals surface area contributed by atoms with E-state index >= 15 is 0 Å². The van der Waals surface area contributed by atoms with Crippen LogP contribution >= 0.6 is 0 Å². The number of rotatable bonds is 5. The van der Waals surface area contributed by atoms with Crippen LogP contribution in [-0.4, -0.2) is 12.6 Å². The van der Waals surface area contributed by atoms with E-state index in [0.717, 1.165) is 22.1 Å².